The molecule has 0 fully saturated rings. The number of anilines is 2. The van der Waals surface area contributed by atoms with Gasteiger partial charge in [-0.2, -0.15) is 0 Å². The summed E-state index contributed by atoms with van der Waals surface area (Å²) in [4.78, 5) is 35.1. The van der Waals surface area contributed by atoms with Gasteiger partial charge < -0.3 is 10.6 Å². The van der Waals surface area contributed by atoms with Crippen molar-refractivity contribution in [3.8, 4) is 0 Å². The second kappa shape index (κ2) is 8.13. The first-order valence-electron chi connectivity index (χ1n) is 8.47. The van der Waals surface area contributed by atoms with E-state index in [1.807, 2.05) is 19.1 Å². The lowest BCUT2D eigenvalue weighted by atomic mass is 10.1. The summed E-state index contributed by atoms with van der Waals surface area (Å²) in [7, 11) is 0. The number of benzene rings is 3. The zero-order valence-electron chi connectivity index (χ0n) is 15.0. The molecular weight excluding hydrogens is 358 g/mol. The van der Waals surface area contributed by atoms with Gasteiger partial charge in [-0.3, -0.25) is 19.7 Å². The molecule has 0 aliphatic carbocycles. The highest BCUT2D eigenvalue weighted by molar-refractivity contribution is 6.07. The van der Waals surface area contributed by atoms with E-state index in [9.17, 15) is 19.7 Å². The lowest BCUT2D eigenvalue weighted by Crippen LogP contribution is -2.14. The lowest BCUT2D eigenvalue weighted by molar-refractivity contribution is -0.385. The van der Waals surface area contributed by atoms with Crippen molar-refractivity contribution in [2.24, 2.45) is 0 Å². The molecule has 2 N–H and O–H groups in total. The molecule has 140 valence electrons. The van der Waals surface area contributed by atoms with Gasteiger partial charge in [-0.25, -0.2) is 0 Å². The van der Waals surface area contributed by atoms with E-state index < -0.39 is 10.8 Å². The average Bonchev–Trinajstić information content (AvgIpc) is 2.69. The van der Waals surface area contributed by atoms with E-state index in [1.54, 1.807) is 42.5 Å². The summed E-state index contributed by atoms with van der Waals surface area (Å²) in [5.74, 6) is -0.816. The van der Waals surface area contributed by atoms with Crippen molar-refractivity contribution in [3.63, 3.8) is 0 Å². The van der Waals surface area contributed by atoms with Gasteiger partial charge in [0.1, 0.15) is 5.56 Å². The van der Waals surface area contributed by atoms with Crippen molar-refractivity contribution in [2.45, 2.75) is 6.92 Å². The summed E-state index contributed by atoms with van der Waals surface area (Å²) in [6, 6.07) is 19.5. The number of amides is 2. The summed E-state index contributed by atoms with van der Waals surface area (Å²) < 4.78 is 0. The molecule has 28 heavy (non-hydrogen) atoms. The monoisotopic (exact) mass is 375 g/mol. The van der Waals surface area contributed by atoms with E-state index in [-0.39, 0.29) is 17.2 Å². The number of hydrogen-bond donors (Lipinski definition) is 2. The minimum absolute atomic E-state index is 0.0238. The van der Waals surface area contributed by atoms with Crippen LogP contribution in [-0.2, 0) is 0 Å². The van der Waals surface area contributed by atoms with E-state index in [0.29, 0.717) is 16.9 Å². The number of carbonyl (C=O) groups is 2. The third-order valence-electron chi connectivity index (χ3n) is 4.03. The van der Waals surface area contributed by atoms with Crippen molar-refractivity contribution in [3.05, 3.63) is 99.6 Å². The van der Waals surface area contributed by atoms with E-state index in [1.165, 1.54) is 18.2 Å². The maximum atomic E-state index is 12.3. The van der Waals surface area contributed by atoms with Crippen LogP contribution in [0.15, 0.2) is 72.8 Å². The molecule has 0 aliphatic rings. The molecule has 3 aromatic carbocycles. The standard InChI is InChI=1S/C21H17N3O4/c1-14-5-4-6-15(13-14)20(25)22-16-9-11-17(12-10-16)23-21(26)18-7-2-3-8-19(18)24(27)28/h2-13H,1H3,(H,22,25)(H,23,26). The van der Waals surface area contributed by atoms with Crippen LogP contribution in [0.2, 0.25) is 0 Å². The highest BCUT2D eigenvalue weighted by Gasteiger charge is 2.19. The number of nitrogens with zero attached hydrogens (tertiary/aromatic N) is 1. The molecule has 0 aromatic heterocycles. The normalized spacial score (nSPS) is 10.2. The Morgan fingerprint density at radius 3 is 2.04 bits per heavy atom. The summed E-state index contributed by atoms with van der Waals surface area (Å²) in [5, 5.41) is 16.4. The van der Waals surface area contributed by atoms with Gasteiger partial charge in [0, 0.05) is 23.0 Å². The van der Waals surface area contributed by atoms with Crippen molar-refractivity contribution >= 4 is 28.9 Å². The first-order chi connectivity index (χ1) is 13.4. The Morgan fingerprint density at radius 2 is 1.43 bits per heavy atom. The molecule has 7 nitrogen and oxygen atoms in total. The Balaban J connectivity index is 1.69. The minimum atomic E-state index is -0.598. The van der Waals surface area contributed by atoms with Crippen molar-refractivity contribution in [1.82, 2.24) is 0 Å². The number of nitro groups is 1. The Kier molecular flexibility index (Phi) is 5.45. The molecule has 3 aromatic rings. The van der Waals surface area contributed by atoms with Gasteiger partial charge in [0.15, 0.2) is 0 Å². The molecule has 0 bridgehead atoms. The smallest absolute Gasteiger partial charge is 0.282 e. The molecular formula is C21H17N3O4. The molecule has 7 heteroatoms. The Bertz CT molecular complexity index is 1050. The zero-order chi connectivity index (χ0) is 20.1. The minimum Gasteiger partial charge on any atom is -0.322 e. The van der Waals surface area contributed by atoms with E-state index in [2.05, 4.69) is 10.6 Å². The maximum absolute atomic E-state index is 12.3. The number of rotatable bonds is 5. The number of para-hydroxylation sites is 1. The van der Waals surface area contributed by atoms with Crippen LogP contribution < -0.4 is 10.6 Å². The van der Waals surface area contributed by atoms with Crippen LogP contribution in [0, 0.1) is 17.0 Å². The fourth-order valence-electron chi connectivity index (χ4n) is 2.65. The Morgan fingerprint density at radius 1 is 0.821 bits per heavy atom. The van der Waals surface area contributed by atoms with Crippen LogP contribution in [0.3, 0.4) is 0 Å². The van der Waals surface area contributed by atoms with E-state index in [4.69, 9.17) is 0 Å². The quantitative estimate of drug-likeness (QED) is 0.509. The van der Waals surface area contributed by atoms with Gasteiger partial charge >= 0.3 is 0 Å². The summed E-state index contributed by atoms with van der Waals surface area (Å²) in [5.41, 5.74) is 2.27. The predicted molar refractivity (Wildman–Crippen MR) is 107 cm³/mol. The Labute approximate surface area is 161 Å². The Hall–Kier alpha value is -4.00. The number of nitro benzene ring substituents is 1. The first kappa shape index (κ1) is 18.8. The number of hydrogen-bond acceptors (Lipinski definition) is 4. The van der Waals surface area contributed by atoms with Gasteiger partial charge in [0.05, 0.1) is 4.92 Å². The van der Waals surface area contributed by atoms with E-state index >= 15 is 0 Å². The molecule has 0 unspecified atom stereocenters. The van der Waals surface area contributed by atoms with E-state index in [0.717, 1.165) is 5.56 Å². The fourth-order valence-corrected chi connectivity index (χ4v) is 2.65. The second-order valence-corrected chi connectivity index (χ2v) is 6.13. The van der Waals surface area contributed by atoms with Crippen molar-refractivity contribution < 1.29 is 14.5 Å². The highest BCUT2D eigenvalue weighted by Crippen LogP contribution is 2.20. The first-order valence-corrected chi connectivity index (χ1v) is 8.47. The molecule has 3 rings (SSSR count). The molecule has 2 amide bonds. The summed E-state index contributed by atoms with van der Waals surface area (Å²) in [6.45, 7) is 1.91. The van der Waals surface area contributed by atoms with Gasteiger partial charge in [-0.15, -0.1) is 0 Å². The van der Waals surface area contributed by atoms with Crippen LogP contribution in [0.1, 0.15) is 26.3 Å². The predicted octanol–water partition coefficient (Wildman–Crippen LogP) is 4.41. The van der Waals surface area contributed by atoms with Crippen LogP contribution in [0.4, 0.5) is 17.1 Å². The largest absolute Gasteiger partial charge is 0.322 e. The summed E-state index contributed by atoms with van der Waals surface area (Å²) >= 11 is 0. The van der Waals surface area contributed by atoms with Crippen LogP contribution in [-0.4, -0.2) is 16.7 Å². The SMILES string of the molecule is Cc1cccc(C(=O)Nc2ccc(NC(=O)c3ccccc3[N+](=O)[O-])cc2)c1. The maximum Gasteiger partial charge on any atom is 0.282 e. The van der Waals surface area contributed by atoms with Crippen LogP contribution in [0.5, 0.6) is 0 Å². The average molecular weight is 375 g/mol. The molecule has 0 aliphatic heterocycles. The lowest BCUT2D eigenvalue weighted by Gasteiger charge is -2.09. The molecule has 0 heterocycles. The highest BCUT2D eigenvalue weighted by atomic mass is 16.6. The number of nitrogens with one attached hydrogen (secondary N) is 2. The molecule has 0 saturated heterocycles. The third-order valence-corrected chi connectivity index (χ3v) is 4.03. The number of carbonyl (C=O) groups excluding carboxylic acids is 2. The molecule has 0 atom stereocenters. The molecule has 0 spiro atoms. The van der Waals surface area contributed by atoms with Gasteiger partial charge in [-0.05, 0) is 49.4 Å². The molecule has 0 radical (unpaired) electrons. The fraction of sp³-hybridized carbons (Fsp3) is 0.0476. The number of aryl methyl sites for hydroxylation is 1. The second-order valence-electron chi connectivity index (χ2n) is 6.13. The van der Waals surface area contributed by atoms with Gasteiger partial charge in [-0.1, -0.05) is 29.8 Å². The third kappa shape index (κ3) is 4.39. The van der Waals surface area contributed by atoms with Gasteiger partial charge in [0.25, 0.3) is 17.5 Å². The summed E-state index contributed by atoms with van der Waals surface area (Å²) in [6.07, 6.45) is 0. The van der Waals surface area contributed by atoms with Crippen molar-refractivity contribution in [1.29, 1.82) is 0 Å². The zero-order valence-corrected chi connectivity index (χ0v) is 15.0. The van der Waals surface area contributed by atoms with Crippen LogP contribution in [0.25, 0.3) is 0 Å². The topological polar surface area (TPSA) is 101 Å². The molecule has 0 saturated carbocycles. The van der Waals surface area contributed by atoms with Crippen molar-refractivity contribution in [2.75, 3.05) is 10.6 Å². The van der Waals surface area contributed by atoms with Gasteiger partial charge in [0.2, 0.25) is 0 Å². The van der Waals surface area contributed by atoms with Crippen LogP contribution >= 0.6 is 0 Å².